The quantitative estimate of drug-likeness (QED) is 0.379. The van der Waals surface area contributed by atoms with Gasteiger partial charge in [-0.2, -0.15) is 0 Å². The first-order valence-corrected chi connectivity index (χ1v) is 6.03. The largest absolute Gasteiger partial charge is 0.465 e. The Bertz CT molecular complexity index is 281. The summed E-state index contributed by atoms with van der Waals surface area (Å²) >= 11 is 0. The minimum atomic E-state index is -0.265. The van der Waals surface area contributed by atoms with Crippen LogP contribution >= 0.6 is 0 Å². The van der Waals surface area contributed by atoms with Crippen LogP contribution in [0.15, 0.2) is 12.2 Å². The Hall–Kier alpha value is -1.36. The summed E-state index contributed by atoms with van der Waals surface area (Å²) in [7, 11) is 0. The summed E-state index contributed by atoms with van der Waals surface area (Å²) < 4.78 is 4.75. The van der Waals surface area contributed by atoms with Gasteiger partial charge >= 0.3 is 5.97 Å². The molecule has 1 amide bonds. The normalized spacial score (nSPS) is 14.9. The van der Waals surface area contributed by atoms with E-state index < -0.39 is 0 Å². The molecule has 5 nitrogen and oxygen atoms in total. The highest BCUT2D eigenvalue weighted by molar-refractivity contribution is 5.79. The molecule has 17 heavy (non-hydrogen) atoms. The molecule has 0 aromatic rings. The third-order valence-electron chi connectivity index (χ3n) is 2.55. The van der Waals surface area contributed by atoms with Crippen LogP contribution in [0.25, 0.3) is 0 Å². The average molecular weight is 240 g/mol. The van der Waals surface area contributed by atoms with Crippen molar-refractivity contribution in [2.75, 3.05) is 26.2 Å². The molecule has 0 saturated carbocycles. The number of amides is 1. The van der Waals surface area contributed by atoms with Gasteiger partial charge in [0.1, 0.15) is 0 Å². The van der Waals surface area contributed by atoms with Crippen molar-refractivity contribution in [2.45, 2.75) is 19.8 Å². The predicted molar refractivity (Wildman–Crippen MR) is 64.4 cm³/mol. The van der Waals surface area contributed by atoms with Crippen LogP contribution < -0.4 is 10.6 Å². The van der Waals surface area contributed by atoms with Crippen LogP contribution in [0.1, 0.15) is 19.8 Å². The van der Waals surface area contributed by atoms with E-state index in [0.717, 1.165) is 12.8 Å². The van der Waals surface area contributed by atoms with Crippen molar-refractivity contribution in [3.63, 3.8) is 0 Å². The number of rotatable bonds is 7. The smallest absolute Gasteiger partial charge is 0.319 e. The van der Waals surface area contributed by atoms with Crippen LogP contribution in [0.3, 0.4) is 0 Å². The predicted octanol–water partition coefficient (Wildman–Crippen LogP) is 0.222. The van der Waals surface area contributed by atoms with Crippen molar-refractivity contribution in [3.8, 4) is 0 Å². The minimum Gasteiger partial charge on any atom is -0.465 e. The summed E-state index contributed by atoms with van der Waals surface area (Å²) in [5.41, 5.74) is 0. The summed E-state index contributed by atoms with van der Waals surface area (Å²) in [6.45, 7) is 3.47. The van der Waals surface area contributed by atoms with E-state index in [1.165, 1.54) is 0 Å². The van der Waals surface area contributed by atoms with E-state index in [4.69, 9.17) is 4.74 Å². The maximum absolute atomic E-state index is 11.6. The number of allylic oxidation sites excluding steroid dienone is 2. The summed E-state index contributed by atoms with van der Waals surface area (Å²) in [6, 6.07) is 0. The third-order valence-corrected chi connectivity index (χ3v) is 2.55. The van der Waals surface area contributed by atoms with Gasteiger partial charge in [-0.25, -0.2) is 0 Å². The van der Waals surface area contributed by atoms with Gasteiger partial charge in [-0.3, -0.25) is 9.59 Å². The van der Waals surface area contributed by atoms with Crippen molar-refractivity contribution in [1.82, 2.24) is 10.6 Å². The Morgan fingerprint density at radius 1 is 1.29 bits per heavy atom. The van der Waals surface area contributed by atoms with E-state index in [1.807, 2.05) is 12.2 Å². The highest BCUT2D eigenvalue weighted by Gasteiger charge is 2.18. The summed E-state index contributed by atoms with van der Waals surface area (Å²) in [4.78, 5) is 22.5. The number of nitrogens with one attached hydrogen (secondary N) is 2. The van der Waals surface area contributed by atoms with Gasteiger partial charge in [-0.15, -0.1) is 0 Å². The fourth-order valence-corrected chi connectivity index (χ4v) is 1.65. The topological polar surface area (TPSA) is 67.4 Å². The molecule has 1 rings (SSSR count). The molecular weight excluding hydrogens is 220 g/mol. The zero-order chi connectivity index (χ0) is 12.5. The zero-order valence-electron chi connectivity index (χ0n) is 10.2. The molecule has 1 aliphatic carbocycles. The zero-order valence-corrected chi connectivity index (χ0v) is 10.2. The monoisotopic (exact) mass is 240 g/mol. The van der Waals surface area contributed by atoms with Gasteiger partial charge < -0.3 is 15.4 Å². The molecule has 0 bridgehead atoms. The molecule has 0 unspecified atom stereocenters. The second kappa shape index (κ2) is 7.84. The molecule has 0 saturated heterocycles. The third kappa shape index (κ3) is 5.49. The molecule has 0 heterocycles. The van der Waals surface area contributed by atoms with Crippen LogP contribution in [0.4, 0.5) is 0 Å². The highest BCUT2D eigenvalue weighted by Crippen LogP contribution is 2.17. The molecule has 0 aromatic carbocycles. The van der Waals surface area contributed by atoms with Crippen molar-refractivity contribution in [3.05, 3.63) is 12.2 Å². The van der Waals surface area contributed by atoms with Crippen molar-refractivity contribution < 1.29 is 14.3 Å². The van der Waals surface area contributed by atoms with Gasteiger partial charge in [-0.05, 0) is 19.8 Å². The second-order valence-corrected chi connectivity index (χ2v) is 3.91. The lowest BCUT2D eigenvalue weighted by molar-refractivity contribution is -0.141. The molecule has 0 aromatic heterocycles. The van der Waals surface area contributed by atoms with Crippen LogP contribution in [0, 0.1) is 5.92 Å². The number of hydrogen-bond acceptors (Lipinski definition) is 4. The Morgan fingerprint density at radius 3 is 2.65 bits per heavy atom. The molecule has 2 N–H and O–H groups in total. The maximum atomic E-state index is 11.6. The number of hydrogen-bond donors (Lipinski definition) is 2. The van der Waals surface area contributed by atoms with Gasteiger partial charge in [0.2, 0.25) is 5.91 Å². The van der Waals surface area contributed by atoms with E-state index in [1.54, 1.807) is 6.92 Å². The number of esters is 1. The lowest BCUT2D eigenvalue weighted by Crippen LogP contribution is -2.36. The first kappa shape index (κ1) is 13.7. The number of ether oxygens (including phenoxy) is 1. The standard InChI is InChI=1S/C12H20N2O3/c1-2-17-11(15)9-13-7-8-14-12(16)10-5-3-4-6-10/h3-4,10,13H,2,5-9H2,1H3,(H,14,16). The SMILES string of the molecule is CCOC(=O)CNCCNC(=O)C1CC=CC1. The fraction of sp³-hybridized carbons (Fsp3) is 0.667. The number of carbonyl (C=O) groups excluding carboxylic acids is 2. The minimum absolute atomic E-state index is 0.0907. The molecular formula is C12H20N2O3. The van der Waals surface area contributed by atoms with Crippen molar-refractivity contribution in [1.29, 1.82) is 0 Å². The van der Waals surface area contributed by atoms with E-state index in [9.17, 15) is 9.59 Å². The van der Waals surface area contributed by atoms with Crippen molar-refractivity contribution >= 4 is 11.9 Å². The lowest BCUT2D eigenvalue weighted by Gasteiger charge is -2.10. The van der Waals surface area contributed by atoms with Crippen molar-refractivity contribution in [2.24, 2.45) is 5.92 Å². The molecule has 1 aliphatic rings. The average Bonchev–Trinajstić information content (AvgIpc) is 2.82. The number of carbonyl (C=O) groups is 2. The van der Waals surface area contributed by atoms with Gasteiger partial charge in [0, 0.05) is 19.0 Å². The lowest BCUT2D eigenvalue weighted by atomic mass is 10.1. The fourth-order valence-electron chi connectivity index (χ4n) is 1.65. The van der Waals surface area contributed by atoms with Gasteiger partial charge in [-0.1, -0.05) is 12.2 Å². The Morgan fingerprint density at radius 2 is 2.00 bits per heavy atom. The Labute approximate surface area is 102 Å². The summed E-state index contributed by atoms with van der Waals surface area (Å²) in [5.74, 6) is -0.0770. The summed E-state index contributed by atoms with van der Waals surface area (Å²) in [5, 5.41) is 5.75. The van der Waals surface area contributed by atoms with E-state index >= 15 is 0 Å². The first-order valence-electron chi connectivity index (χ1n) is 6.03. The second-order valence-electron chi connectivity index (χ2n) is 3.91. The van der Waals surface area contributed by atoms with Gasteiger partial charge in [0.25, 0.3) is 0 Å². The van der Waals surface area contributed by atoms with Crippen LogP contribution in [-0.2, 0) is 14.3 Å². The van der Waals surface area contributed by atoms with Crippen LogP contribution in [-0.4, -0.2) is 38.1 Å². The first-order chi connectivity index (χ1) is 8.24. The molecule has 5 heteroatoms. The molecule has 96 valence electrons. The Kier molecular flexibility index (Phi) is 6.32. The summed E-state index contributed by atoms with van der Waals surface area (Å²) in [6.07, 6.45) is 5.73. The Balaban J connectivity index is 1.96. The molecule has 0 radical (unpaired) electrons. The van der Waals surface area contributed by atoms with E-state index in [2.05, 4.69) is 10.6 Å². The van der Waals surface area contributed by atoms with E-state index in [0.29, 0.717) is 19.7 Å². The van der Waals surface area contributed by atoms with Gasteiger partial charge in [0.15, 0.2) is 0 Å². The molecule has 0 atom stereocenters. The molecule has 0 fully saturated rings. The maximum Gasteiger partial charge on any atom is 0.319 e. The highest BCUT2D eigenvalue weighted by atomic mass is 16.5. The van der Waals surface area contributed by atoms with E-state index in [-0.39, 0.29) is 24.3 Å². The van der Waals surface area contributed by atoms with Crippen LogP contribution in [0.2, 0.25) is 0 Å². The molecule has 0 spiro atoms. The van der Waals surface area contributed by atoms with Gasteiger partial charge in [0.05, 0.1) is 13.2 Å². The van der Waals surface area contributed by atoms with Crippen LogP contribution in [0.5, 0.6) is 0 Å². The molecule has 0 aliphatic heterocycles.